The van der Waals surface area contributed by atoms with Crippen molar-refractivity contribution >= 4 is 45.0 Å². The zero-order chi connectivity index (χ0) is 18.3. The molecule has 0 saturated heterocycles. The standard InChI is InChI=1S/C19H14ClN3OS2/c1-11-6-8-13(9-7-11)25-19-22-17-16(26-19)18(24)23(10-21-17)15-12(2)4-3-5-14(15)20/h3-10H,1-2H3. The van der Waals surface area contributed by atoms with E-state index in [9.17, 15) is 4.79 Å². The molecule has 0 spiro atoms. The van der Waals surface area contributed by atoms with Crippen molar-refractivity contribution in [1.29, 1.82) is 0 Å². The number of hydrogen-bond acceptors (Lipinski definition) is 5. The van der Waals surface area contributed by atoms with E-state index < -0.39 is 0 Å². The Hall–Kier alpha value is -2.15. The minimum Gasteiger partial charge on any atom is -0.267 e. The summed E-state index contributed by atoms with van der Waals surface area (Å²) in [5.41, 5.74) is 3.10. The second-order valence-corrected chi connectivity index (χ2v) is 8.60. The molecule has 2 aromatic carbocycles. The number of benzene rings is 2. The van der Waals surface area contributed by atoms with Gasteiger partial charge >= 0.3 is 0 Å². The maximum absolute atomic E-state index is 13.0. The summed E-state index contributed by atoms with van der Waals surface area (Å²) in [5, 5.41) is 0.520. The van der Waals surface area contributed by atoms with E-state index in [1.807, 2.05) is 31.2 Å². The van der Waals surface area contributed by atoms with Gasteiger partial charge in [-0.1, -0.05) is 64.5 Å². The van der Waals surface area contributed by atoms with Gasteiger partial charge in [0.25, 0.3) is 5.56 Å². The number of fused-ring (bicyclic) bond motifs is 1. The van der Waals surface area contributed by atoms with Crippen molar-refractivity contribution < 1.29 is 0 Å². The van der Waals surface area contributed by atoms with E-state index in [0.29, 0.717) is 21.1 Å². The Morgan fingerprint density at radius 2 is 1.88 bits per heavy atom. The maximum atomic E-state index is 13.0. The van der Waals surface area contributed by atoms with Crippen molar-refractivity contribution in [3.63, 3.8) is 0 Å². The SMILES string of the molecule is Cc1ccc(Sc2nc3ncn(-c4c(C)cccc4Cl)c(=O)c3s2)cc1. The van der Waals surface area contributed by atoms with Crippen LogP contribution in [0.25, 0.3) is 16.0 Å². The minimum absolute atomic E-state index is 0.153. The van der Waals surface area contributed by atoms with Crippen molar-refractivity contribution in [3.8, 4) is 5.69 Å². The summed E-state index contributed by atoms with van der Waals surface area (Å²) in [6.07, 6.45) is 1.50. The molecular weight excluding hydrogens is 386 g/mol. The molecule has 0 saturated carbocycles. The molecule has 0 aliphatic carbocycles. The highest BCUT2D eigenvalue weighted by atomic mass is 35.5. The molecule has 26 heavy (non-hydrogen) atoms. The van der Waals surface area contributed by atoms with Crippen LogP contribution in [0.4, 0.5) is 0 Å². The van der Waals surface area contributed by atoms with Crippen molar-refractivity contribution in [2.75, 3.05) is 0 Å². The lowest BCUT2D eigenvalue weighted by Gasteiger charge is -2.10. The molecule has 0 aliphatic heterocycles. The number of hydrogen-bond donors (Lipinski definition) is 0. The number of halogens is 1. The second kappa shape index (κ2) is 6.87. The van der Waals surface area contributed by atoms with E-state index in [1.165, 1.54) is 39.6 Å². The van der Waals surface area contributed by atoms with Gasteiger partial charge in [-0.15, -0.1) is 0 Å². The predicted octanol–water partition coefficient (Wildman–Crippen LogP) is 5.26. The van der Waals surface area contributed by atoms with Crippen LogP contribution in [0.2, 0.25) is 5.02 Å². The molecular formula is C19H14ClN3OS2. The first kappa shape index (κ1) is 17.3. The first-order valence-electron chi connectivity index (χ1n) is 7.91. The van der Waals surface area contributed by atoms with Crippen LogP contribution in [-0.4, -0.2) is 14.5 Å². The molecule has 130 valence electrons. The zero-order valence-corrected chi connectivity index (χ0v) is 16.5. The second-order valence-electron chi connectivity index (χ2n) is 5.87. The number of thiazole rings is 1. The number of rotatable bonds is 3. The lowest BCUT2D eigenvalue weighted by Crippen LogP contribution is -2.19. The number of nitrogens with zero attached hydrogens (tertiary/aromatic N) is 3. The minimum atomic E-state index is -0.153. The fourth-order valence-corrected chi connectivity index (χ4v) is 4.94. The Morgan fingerprint density at radius 1 is 1.12 bits per heavy atom. The molecule has 4 nitrogen and oxygen atoms in total. The average Bonchev–Trinajstić information content (AvgIpc) is 3.02. The van der Waals surface area contributed by atoms with E-state index in [1.54, 1.807) is 6.07 Å². The Morgan fingerprint density at radius 3 is 2.62 bits per heavy atom. The van der Waals surface area contributed by atoms with Gasteiger partial charge in [-0.05, 0) is 37.6 Å². The van der Waals surface area contributed by atoms with Gasteiger partial charge in [-0.25, -0.2) is 9.97 Å². The summed E-state index contributed by atoms with van der Waals surface area (Å²) in [7, 11) is 0. The molecule has 0 bridgehead atoms. The van der Waals surface area contributed by atoms with Gasteiger partial charge in [0, 0.05) is 4.90 Å². The lowest BCUT2D eigenvalue weighted by molar-refractivity contribution is 0.950. The summed E-state index contributed by atoms with van der Waals surface area (Å²) >= 11 is 9.20. The molecule has 4 aromatic rings. The molecule has 2 heterocycles. The van der Waals surface area contributed by atoms with Gasteiger partial charge in [-0.2, -0.15) is 0 Å². The first-order chi connectivity index (χ1) is 12.5. The van der Waals surface area contributed by atoms with Gasteiger partial charge in [0.1, 0.15) is 11.0 Å². The fourth-order valence-electron chi connectivity index (χ4n) is 2.63. The van der Waals surface area contributed by atoms with Gasteiger partial charge in [0.2, 0.25) is 0 Å². The number of aryl methyl sites for hydroxylation is 2. The smallest absolute Gasteiger partial charge is 0.267 e. The van der Waals surface area contributed by atoms with Crippen LogP contribution in [-0.2, 0) is 0 Å². The van der Waals surface area contributed by atoms with Crippen LogP contribution in [0, 0.1) is 13.8 Å². The largest absolute Gasteiger partial charge is 0.277 e. The van der Waals surface area contributed by atoms with E-state index in [2.05, 4.69) is 29.0 Å². The summed E-state index contributed by atoms with van der Waals surface area (Å²) in [4.78, 5) is 22.9. The van der Waals surface area contributed by atoms with Crippen LogP contribution in [0.3, 0.4) is 0 Å². The van der Waals surface area contributed by atoms with Gasteiger partial charge in [0.15, 0.2) is 9.99 Å². The molecule has 0 radical (unpaired) electrons. The summed E-state index contributed by atoms with van der Waals surface area (Å²) in [5.74, 6) is 0. The number of aromatic nitrogens is 3. The molecule has 7 heteroatoms. The Labute approximate surface area is 163 Å². The normalized spacial score (nSPS) is 11.2. The highest BCUT2D eigenvalue weighted by Gasteiger charge is 2.15. The quantitative estimate of drug-likeness (QED) is 0.471. The molecule has 0 atom stereocenters. The molecule has 0 unspecified atom stereocenters. The van der Waals surface area contributed by atoms with Crippen molar-refractivity contribution in [2.24, 2.45) is 0 Å². The first-order valence-corrected chi connectivity index (χ1v) is 9.92. The third-order valence-electron chi connectivity index (χ3n) is 3.95. The highest BCUT2D eigenvalue weighted by Crippen LogP contribution is 2.33. The molecule has 4 rings (SSSR count). The Kier molecular flexibility index (Phi) is 4.56. The van der Waals surface area contributed by atoms with E-state index in [0.717, 1.165) is 14.8 Å². The van der Waals surface area contributed by atoms with Gasteiger partial charge in [0.05, 0.1) is 10.7 Å². The van der Waals surface area contributed by atoms with Crippen LogP contribution in [0.1, 0.15) is 11.1 Å². The van der Waals surface area contributed by atoms with Crippen LogP contribution >= 0.6 is 34.7 Å². The average molecular weight is 400 g/mol. The molecule has 0 aliphatic rings. The summed E-state index contributed by atoms with van der Waals surface area (Å²) in [6, 6.07) is 13.8. The van der Waals surface area contributed by atoms with Crippen molar-refractivity contribution in [1.82, 2.24) is 14.5 Å². The van der Waals surface area contributed by atoms with E-state index in [-0.39, 0.29) is 5.56 Å². The Balaban J connectivity index is 1.79. The maximum Gasteiger partial charge on any atom is 0.277 e. The predicted molar refractivity (Wildman–Crippen MR) is 108 cm³/mol. The summed E-state index contributed by atoms with van der Waals surface area (Å²) < 4.78 is 2.82. The molecule has 0 fully saturated rings. The van der Waals surface area contributed by atoms with Crippen LogP contribution in [0.15, 0.2) is 62.8 Å². The Bertz CT molecular complexity index is 1150. The van der Waals surface area contributed by atoms with Gasteiger partial charge < -0.3 is 0 Å². The van der Waals surface area contributed by atoms with Crippen LogP contribution in [0.5, 0.6) is 0 Å². The summed E-state index contributed by atoms with van der Waals surface area (Å²) in [6.45, 7) is 3.97. The van der Waals surface area contributed by atoms with Crippen LogP contribution < -0.4 is 5.56 Å². The third-order valence-corrected chi connectivity index (χ3v) is 6.36. The van der Waals surface area contributed by atoms with E-state index >= 15 is 0 Å². The van der Waals surface area contributed by atoms with E-state index in [4.69, 9.17) is 11.6 Å². The zero-order valence-electron chi connectivity index (χ0n) is 14.1. The molecule has 0 N–H and O–H groups in total. The third kappa shape index (κ3) is 3.16. The monoisotopic (exact) mass is 399 g/mol. The highest BCUT2D eigenvalue weighted by molar-refractivity contribution is 8.01. The topological polar surface area (TPSA) is 47.8 Å². The molecule has 0 amide bonds. The lowest BCUT2D eigenvalue weighted by atomic mass is 10.2. The number of para-hydroxylation sites is 1. The molecule has 2 aromatic heterocycles. The van der Waals surface area contributed by atoms with Crippen molar-refractivity contribution in [2.45, 2.75) is 23.1 Å². The van der Waals surface area contributed by atoms with Crippen molar-refractivity contribution in [3.05, 3.63) is 75.3 Å². The van der Waals surface area contributed by atoms with Gasteiger partial charge in [-0.3, -0.25) is 9.36 Å². The fraction of sp³-hybridized carbons (Fsp3) is 0.105.